The molecular formula is C22H26F3N5O2. The van der Waals surface area contributed by atoms with Crippen LogP contribution in [0.25, 0.3) is 0 Å². The first-order valence-electron chi connectivity index (χ1n) is 10.5. The van der Waals surface area contributed by atoms with E-state index in [0.29, 0.717) is 30.9 Å². The summed E-state index contributed by atoms with van der Waals surface area (Å²) in [6.45, 7) is 4.79. The Balaban J connectivity index is 1.29. The van der Waals surface area contributed by atoms with Crippen molar-refractivity contribution in [1.29, 1.82) is 0 Å². The number of benzene rings is 1. The Labute approximate surface area is 184 Å². The number of piperidine rings is 1. The van der Waals surface area contributed by atoms with Crippen LogP contribution in [0.15, 0.2) is 36.7 Å². The van der Waals surface area contributed by atoms with Gasteiger partial charge in [0.25, 0.3) is 0 Å². The average Bonchev–Trinajstić information content (AvgIpc) is 3.22. The molecule has 10 heteroatoms. The molecule has 1 aromatic carbocycles. The molecule has 0 radical (unpaired) electrons. The monoisotopic (exact) mass is 449 g/mol. The molecule has 7 nitrogen and oxygen atoms in total. The molecule has 0 bridgehead atoms. The van der Waals surface area contributed by atoms with Gasteiger partial charge < -0.3 is 9.80 Å². The maximum atomic E-state index is 12.9. The third kappa shape index (κ3) is 4.50. The van der Waals surface area contributed by atoms with Gasteiger partial charge in [0.15, 0.2) is 0 Å². The van der Waals surface area contributed by atoms with Gasteiger partial charge in [0.2, 0.25) is 5.91 Å². The number of halogens is 3. The molecule has 2 saturated heterocycles. The fraction of sp³-hybridized carbons (Fsp3) is 0.500. The van der Waals surface area contributed by atoms with E-state index in [-0.39, 0.29) is 17.4 Å². The highest BCUT2D eigenvalue weighted by Crippen LogP contribution is 2.41. The molecule has 0 atom stereocenters. The highest BCUT2D eigenvalue weighted by Gasteiger charge is 2.45. The topological polar surface area (TPSA) is 61.7 Å². The van der Waals surface area contributed by atoms with E-state index in [4.69, 9.17) is 0 Å². The van der Waals surface area contributed by atoms with Gasteiger partial charge >= 0.3 is 12.2 Å². The lowest BCUT2D eigenvalue weighted by Crippen LogP contribution is -2.60. The lowest BCUT2D eigenvalue weighted by atomic mass is 9.72. The number of anilines is 1. The summed E-state index contributed by atoms with van der Waals surface area (Å²) in [5, 5.41) is 4.09. The van der Waals surface area contributed by atoms with Crippen molar-refractivity contribution < 1.29 is 22.8 Å². The van der Waals surface area contributed by atoms with Gasteiger partial charge in [-0.15, -0.1) is 0 Å². The Kier molecular flexibility index (Phi) is 5.74. The minimum absolute atomic E-state index is 0.114. The van der Waals surface area contributed by atoms with E-state index >= 15 is 0 Å². The predicted octanol–water partition coefficient (Wildman–Crippen LogP) is 3.45. The molecule has 2 amide bonds. The smallest absolute Gasteiger partial charge is 0.323 e. The molecule has 2 aromatic rings. The van der Waals surface area contributed by atoms with Gasteiger partial charge in [-0.1, -0.05) is 18.2 Å². The van der Waals surface area contributed by atoms with Crippen molar-refractivity contribution in [2.24, 2.45) is 5.41 Å². The average molecular weight is 449 g/mol. The largest absolute Gasteiger partial charge is 0.416 e. The molecule has 0 saturated carbocycles. The molecule has 32 heavy (non-hydrogen) atoms. The third-order valence-corrected chi connectivity index (χ3v) is 6.50. The molecule has 4 rings (SSSR count). The van der Waals surface area contributed by atoms with Crippen LogP contribution >= 0.6 is 0 Å². The number of alkyl halides is 3. The highest BCUT2D eigenvalue weighted by molar-refractivity contribution is 5.91. The van der Waals surface area contributed by atoms with E-state index < -0.39 is 11.7 Å². The summed E-state index contributed by atoms with van der Waals surface area (Å²) in [5.41, 5.74) is 0.715. The molecule has 0 aliphatic carbocycles. The van der Waals surface area contributed by atoms with Crippen molar-refractivity contribution in [3.05, 3.63) is 47.8 Å². The summed E-state index contributed by atoms with van der Waals surface area (Å²) < 4.78 is 40.0. The minimum Gasteiger partial charge on any atom is -0.323 e. The van der Waals surface area contributed by atoms with Gasteiger partial charge in [-0.3, -0.25) is 9.69 Å². The Morgan fingerprint density at radius 3 is 2.50 bits per heavy atom. The van der Waals surface area contributed by atoms with Crippen molar-refractivity contribution in [2.75, 3.05) is 38.1 Å². The van der Waals surface area contributed by atoms with E-state index in [1.165, 1.54) is 34.8 Å². The first-order valence-corrected chi connectivity index (χ1v) is 10.5. The molecule has 0 N–H and O–H groups in total. The quantitative estimate of drug-likeness (QED) is 0.720. The van der Waals surface area contributed by atoms with Gasteiger partial charge in [0, 0.05) is 46.7 Å². The number of hydrogen-bond donors (Lipinski definition) is 0. The van der Waals surface area contributed by atoms with Crippen molar-refractivity contribution in [1.82, 2.24) is 19.6 Å². The second kappa shape index (κ2) is 8.23. The van der Waals surface area contributed by atoms with Crippen LogP contribution in [-0.2, 0) is 17.5 Å². The zero-order valence-electron chi connectivity index (χ0n) is 18.1. The van der Waals surface area contributed by atoms with Crippen LogP contribution in [0.2, 0.25) is 0 Å². The number of aromatic nitrogens is 2. The van der Waals surface area contributed by atoms with Crippen molar-refractivity contribution >= 4 is 17.6 Å². The summed E-state index contributed by atoms with van der Waals surface area (Å²) in [6.07, 6.45) is 0.400. The van der Waals surface area contributed by atoms with Gasteiger partial charge in [0.1, 0.15) is 0 Å². The normalized spacial score (nSPS) is 18.5. The van der Waals surface area contributed by atoms with Crippen molar-refractivity contribution in [3.8, 4) is 0 Å². The molecule has 3 heterocycles. The number of nitrogens with zero attached hydrogens (tertiary/aromatic N) is 5. The van der Waals surface area contributed by atoms with Crippen LogP contribution in [0.3, 0.4) is 0 Å². The number of carbonyl (C=O) groups excluding carboxylic acids is 2. The molecule has 2 aliphatic heterocycles. The number of carbonyl (C=O) groups is 2. The fourth-order valence-electron chi connectivity index (χ4n) is 4.52. The minimum atomic E-state index is -4.33. The predicted molar refractivity (Wildman–Crippen MR) is 112 cm³/mol. The summed E-state index contributed by atoms with van der Waals surface area (Å²) in [4.78, 5) is 29.6. The highest BCUT2D eigenvalue weighted by atomic mass is 19.4. The molecule has 0 unspecified atom stereocenters. The van der Waals surface area contributed by atoms with Gasteiger partial charge in [-0.2, -0.15) is 23.0 Å². The Bertz CT molecular complexity index is 1000. The lowest BCUT2D eigenvalue weighted by Gasteiger charge is -2.54. The standard InChI is InChI=1S/C22H26F3N5O2/c1-16(31)27(2)19-11-26-30(13-19)20(32)29-8-6-21(7-9-29)14-28(15-21)12-17-4-3-5-18(10-17)22(23,24)25/h3-5,10-11,13H,6-9,12,14-15H2,1-2H3. The Hall–Kier alpha value is -2.88. The molecule has 1 spiro atoms. The number of amides is 2. The zero-order valence-corrected chi connectivity index (χ0v) is 18.1. The summed E-state index contributed by atoms with van der Waals surface area (Å²) >= 11 is 0. The second-order valence-electron chi connectivity index (χ2n) is 8.83. The van der Waals surface area contributed by atoms with Crippen LogP contribution in [0.5, 0.6) is 0 Å². The van der Waals surface area contributed by atoms with Crippen LogP contribution in [0.1, 0.15) is 30.9 Å². The third-order valence-electron chi connectivity index (χ3n) is 6.50. The Morgan fingerprint density at radius 2 is 1.88 bits per heavy atom. The van der Waals surface area contributed by atoms with E-state index in [2.05, 4.69) is 10.00 Å². The van der Waals surface area contributed by atoms with Gasteiger partial charge in [0.05, 0.1) is 23.6 Å². The SMILES string of the molecule is CC(=O)N(C)c1cnn(C(=O)N2CCC3(CC2)CN(Cc2cccc(C(F)(F)F)c2)C3)c1. The van der Waals surface area contributed by atoms with E-state index in [9.17, 15) is 22.8 Å². The lowest BCUT2D eigenvalue weighted by molar-refractivity contribution is -0.137. The Morgan fingerprint density at radius 1 is 1.19 bits per heavy atom. The van der Waals surface area contributed by atoms with Crippen LogP contribution in [0, 0.1) is 5.41 Å². The molecule has 1 aromatic heterocycles. The van der Waals surface area contributed by atoms with E-state index in [1.54, 1.807) is 24.2 Å². The molecule has 2 aliphatic rings. The van der Waals surface area contributed by atoms with Crippen LogP contribution in [0.4, 0.5) is 23.7 Å². The number of rotatable bonds is 3. The fourth-order valence-corrected chi connectivity index (χ4v) is 4.52. The summed E-state index contributed by atoms with van der Waals surface area (Å²) in [5.74, 6) is -0.142. The zero-order chi connectivity index (χ0) is 23.1. The number of hydrogen-bond acceptors (Lipinski definition) is 4. The first-order chi connectivity index (χ1) is 15.1. The maximum absolute atomic E-state index is 12.9. The van der Waals surface area contributed by atoms with Crippen LogP contribution in [-0.4, -0.2) is 64.7 Å². The van der Waals surface area contributed by atoms with Crippen molar-refractivity contribution in [2.45, 2.75) is 32.5 Å². The summed E-state index contributed by atoms with van der Waals surface area (Å²) in [7, 11) is 1.63. The van der Waals surface area contributed by atoms with Crippen molar-refractivity contribution in [3.63, 3.8) is 0 Å². The van der Waals surface area contributed by atoms with Crippen LogP contribution < -0.4 is 4.90 Å². The molecule has 172 valence electrons. The molecule has 2 fully saturated rings. The maximum Gasteiger partial charge on any atom is 0.416 e. The second-order valence-corrected chi connectivity index (χ2v) is 8.83. The first kappa shape index (κ1) is 22.3. The van der Waals surface area contributed by atoms with E-state index in [0.717, 1.165) is 32.0 Å². The molecular weight excluding hydrogens is 423 g/mol. The number of likely N-dealkylation sites (tertiary alicyclic amines) is 2. The van der Waals surface area contributed by atoms with Gasteiger partial charge in [-0.25, -0.2) is 4.79 Å². The van der Waals surface area contributed by atoms with Gasteiger partial charge in [-0.05, 0) is 29.9 Å². The van der Waals surface area contributed by atoms with E-state index in [1.807, 2.05) is 0 Å². The summed E-state index contributed by atoms with van der Waals surface area (Å²) in [6, 6.07) is 5.27.